The summed E-state index contributed by atoms with van der Waals surface area (Å²) >= 11 is 12.7. The molecule has 292 valence electrons. The minimum Gasteiger partial charge on any atom is -0.418 e. The molecule has 0 fully saturated rings. The van der Waals surface area contributed by atoms with Crippen molar-refractivity contribution in [2.75, 3.05) is 0 Å². The summed E-state index contributed by atoms with van der Waals surface area (Å²) in [6.07, 6.45) is 4.66. The highest BCUT2D eigenvalue weighted by molar-refractivity contribution is 6.74. The molecule has 15 heteroatoms. The zero-order valence-electron chi connectivity index (χ0n) is 33.9. The van der Waals surface area contributed by atoms with Crippen LogP contribution < -0.4 is 0 Å². The van der Waals surface area contributed by atoms with E-state index < -0.39 is 16.6 Å². The van der Waals surface area contributed by atoms with Crippen LogP contribution in [0.2, 0.25) is 46.3 Å². The van der Waals surface area contributed by atoms with E-state index in [0.29, 0.717) is 57.0 Å². The molecule has 0 saturated carbocycles. The maximum Gasteiger partial charge on any atom is 0.249 e. The number of allylic oxidation sites excluding steroid dienone is 4. The highest BCUT2D eigenvalue weighted by atomic mass is 35.5. The first-order chi connectivity index (χ1) is 24.8. The van der Waals surface area contributed by atoms with Crippen LogP contribution in [0.25, 0.3) is 34.1 Å². The van der Waals surface area contributed by atoms with E-state index in [0.717, 1.165) is 16.7 Å². The third kappa shape index (κ3) is 12.2. The van der Waals surface area contributed by atoms with Gasteiger partial charge in [0.25, 0.3) is 0 Å². The Morgan fingerprint density at radius 1 is 0.685 bits per heavy atom. The summed E-state index contributed by atoms with van der Waals surface area (Å²) in [6.45, 7) is 29.0. The summed E-state index contributed by atoms with van der Waals surface area (Å²) in [5.74, 6) is 1.52. The second-order valence-electron chi connectivity index (χ2n) is 16.2. The summed E-state index contributed by atoms with van der Waals surface area (Å²) < 4.78 is 23.7. The van der Waals surface area contributed by atoms with Crippen LogP contribution in [-0.4, -0.2) is 53.6 Å². The second-order valence-corrected chi connectivity index (χ2v) is 26.7. The van der Waals surface area contributed by atoms with E-state index in [2.05, 4.69) is 93.1 Å². The van der Waals surface area contributed by atoms with Gasteiger partial charge in [-0.25, -0.2) is 0 Å². The van der Waals surface area contributed by atoms with Crippen LogP contribution in [0.1, 0.15) is 92.3 Å². The Bertz CT molecular complexity index is 1880. The zero-order chi connectivity index (χ0) is 40.8. The molecule has 11 nitrogen and oxygen atoms in total. The largest absolute Gasteiger partial charge is 0.418 e. The molecule has 0 spiro atoms. The minimum absolute atomic E-state index is 0.0177. The Morgan fingerprint density at radius 2 is 1.13 bits per heavy atom. The van der Waals surface area contributed by atoms with Gasteiger partial charge in [-0.2, -0.15) is 0 Å². The van der Waals surface area contributed by atoms with Crippen molar-refractivity contribution in [1.29, 1.82) is 0 Å². The molecule has 54 heavy (non-hydrogen) atoms. The second kappa shape index (κ2) is 17.9. The van der Waals surface area contributed by atoms with Crippen LogP contribution in [0.3, 0.4) is 0 Å². The molecule has 0 bridgehead atoms. The molecule has 4 aromatic rings. The van der Waals surface area contributed by atoms with Crippen molar-refractivity contribution < 1.29 is 27.3 Å². The van der Waals surface area contributed by atoms with Crippen LogP contribution >= 0.6 is 23.2 Å². The molecule has 0 aliphatic carbocycles. The SMILES string of the molecule is CC(=O)/C=C(\C)c1ccc(-c2nnc(CO[Si](C)(C)C(C)(C)C)o2)cc1Cl.CC(=O)/C=C(\C)c1ncc(-c2nnc(CO[Si](C)(C)C(C)(C)C)o2)cc1Cl. The van der Waals surface area contributed by atoms with Crippen molar-refractivity contribution >= 4 is 62.5 Å². The number of benzene rings is 1. The topological polar surface area (TPSA) is 143 Å². The Hall–Kier alpha value is -3.60. The van der Waals surface area contributed by atoms with Gasteiger partial charge in [-0.05, 0) is 111 Å². The van der Waals surface area contributed by atoms with Crippen molar-refractivity contribution in [3.8, 4) is 22.9 Å². The van der Waals surface area contributed by atoms with Gasteiger partial charge in [0.2, 0.25) is 23.6 Å². The van der Waals surface area contributed by atoms with E-state index in [-0.39, 0.29) is 28.2 Å². The smallest absolute Gasteiger partial charge is 0.249 e. The van der Waals surface area contributed by atoms with Gasteiger partial charge in [0.1, 0.15) is 13.2 Å². The number of nitrogens with zero attached hydrogens (tertiary/aromatic N) is 5. The molecule has 0 unspecified atom stereocenters. The monoisotopic (exact) mass is 813 g/mol. The Balaban J connectivity index is 0.000000290. The molecule has 0 aliphatic rings. The molecule has 4 rings (SSSR count). The fourth-order valence-corrected chi connectivity index (χ4v) is 6.82. The first-order valence-electron chi connectivity index (χ1n) is 17.6. The summed E-state index contributed by atoms with van der Waals surface area (Å²) in [5.41, 5.74) is 4.21. The number of hydrogen-bond donors (Lipinski definition) is 0. The third-order valence-electron chi connectivity index (χ3n) is 9.60. The normalized spacial score (nSPS) is 13.1. The van der Waals surface area contributed by atoms with Crippen LogP contribution in [0.15, 0.2) is 51.4 Å². The number of pyridine rings is 1. The van der Waals surface area contributed by atoms with Gasteiger partial charge < -0.3 is 17.7 Å². The zero-order valence-corrected chi connectivity index (χ0v) is 37.4. The van der Waals surface area contributed by atoms with E-state index >= 15 is 0 Å². The predicted octanol–water partition coefficient (Wildman–Crippen LogP) is 11.2. The molecule has 0 amide bonds. The van der Waals surface area contributed by atoms with Crippen LogP contribution in [0.4, 0.5) is 0 Å². The lowest BCUT2D eigenvalue weighted by molar-refractivity contribution is -0.113. The summed E-state index contributed by atoms with van der Waals surface area (Å²) in [4.78, 5) is 26.8. The number of rotatable bonds is 12. The number of aromatic nitrogens is 5. The van der Waals surface area contributed by atoms with Crippen molar-refractivity contribution in [3.05, 3.63) is 75.7 Å². The van der Waals surface area contributed by atoms with Gasteiger partial charge in [0, 0.05) is 16.8 Å². The first-order valence-corrected chi connectivity index (χ1v) is 24.2. The Kier molecular flexibility index (Phi) is 14.9. The number of hydrogen-bond acceptors (Lipinski definition) is 11. The van der Waals surface area contributed by atoms with Crippen LogP contribution in [0.5, 0.6) is 0 Å². The minimum atomic E-state index is -1.90. The first kappa shape index (κ1) is 44.8. The van der Waals surface area contributed by atoms with Gasteiger partial charge >= 0.3 is 0 Å². The number of carbonyl (C=O) groups is 2. The van der Waals surface area contributed by atoms with Crippen LogP contribution in [-0.2, 0) is 31.7 Å². The average molecular weight is 815 g/mol. The Labute approximate surface area is 331 Å². The Morgan fingerprint density at radius 3 is 1.56 bits per heavy atom. The fourth-order valence-electron chi connectivity index (χ4n) is 4.34. The molecule has 0 atom stereocenters. The van der Waals surface area contributed by atoms with Crippen molar-refractivity contribution in [2.24, 2.45) is 0 Å². The van der Waals surface area contributed by atoms with Gasteiger partial charge in [-0.15, -0.1) is 20.4 Å². The van der Waals surface area contributed by atoms with Crippen LogP contribution in [0, 0.1) is 0 Å². The molecule has 0 radical (unpaired) electrons. The number of carbonyl (C=O) groups excluding carboxylic acids is 2. The summed E-state index contributed by atoms with van der Waals surface area (Å²) in [6, 6.07) is 7.17. The highest BCUT2D eigenvalue weighted by Gasteiger charge is 2.38. The molecule has 3 heterocycles. The molecule has 1 aromatic carbocycles. The number of halogens is 2. The van der Waals surface area contributed by atoms with E-state index in [9.17, 15) is 9.59 Å². The fraction of sp³-hybridized carbons (Fsp3) is 0.462. The van der Waals surface area contributed by atoms with E-state index in [1.165, 1.54) is 19.9 Å². The maximum absolute atomic E-state index is 11.3. The van der Waals surface area contributed by atoms with Gasteiger partial charge in [-0.1, -0.05) is 70.8 Å². The quantitative estimate of drug-likeness (QED) is 0.0995. The standard InChI is InChI=1S/C20H27ClN2O3Si.C19H26ClN3O3Si/c1-13(10-14(2)24)16-9-8-15(11-17(16)21)19-23-22-18(26-19)12-25-27(6,7)20(3,4)5;1-12(8-13(2)24)17-15(20)9-14(10-21-17)18-23-22-16(26-18)11-25-27(6,7)19(3,4)5/h8-11H,12H2,1-7H3;8-10H,11H2,1-7H3/b13-10+;12-8+. The van der Waals surface area contributed by atoms with Crippen molar-refractivity contribution in [1.82, 2.24) is 25.4 Å². The number of ketones is 2. The van der Waals surface area contributed by atoms with Gasteiger partial charge in [0.15, 0.2) is 28.2 Å². The van der Waals surface area contributed by atoms with Gasteiger partial charge in [-0.3, -0.25) is 14.6 Å². The lowest BCUT2D eigenvalue weighted by atomic mass is 10.0. The van der Waals surface area contributed by atoms with Crippen molar-refractivity contribution in [3.63, 3.8) is 0 Å². The molecular formula is C39H53Cl2N5O6Si2. The maximum atomic E-state index is 11.3. The molecule has 0 N–H and O–H groups in total. The average Bonchev–Trinajstić information content (AvgIpc) is 3.72. The van der Waals surface area contributed by atoms with Crippen molar-refractivity contribution in [2.45, 2.75) is 119 Å². The molecular weight excluding hydrogens is 762 g/mol. The summed E-state index contributed by atoms with van der Waals surface area (Å²) in [5, 5.41) is 17.5. The highest BCUT2D eigenvalue weighted by Crippen LogP contribution is 2.38. The third-order valence-corrected chi connectivity index (χ3v) is 19.2. The predicted molar refractivity (Wildman–Crippen MR) is 220 cm³/mol. The van der Waals surface area contributed by atoms with E-state index in [1.807, 2.05) is 19.1 Å². The molecule has 0 aliphatic heterocycles. The van der Waals surface area contributed by atoms with E-state index in [4.69, 9.17) is 40.9 Å². The lowest BCUT2D eigenvalue weighted by Gasteiger charge is -2.35. The lowest BCUT2D eigenvalue weighted by Crippen LogP contribution is -2.40. The van der Waals surface area contributed by atoms with E-state index in [1.54, 1.807) is 31.3 Å². The van der Waals surface area contributed by atoms with Gasteiger partial charge in [0.05, 0.1) is 16.3 Å². The molecule has 3 aromatic heterocycles. The molecule has 0 saturated heterocycles. The summed E-state index contributed by atoms with van der Waals surface area (Å²) in [7, 11) is -3.78.